The number of rotatable bonds is 2. The summed E-state index contributed by atoms with van der Waals surface area (Å²) in [5, 5.41) is 3.25. The van der Waals surface area contributed by atoms with Crippen molar-refractivity contribution in [3.63, 3.8) is 0 Å². The zero-order valence-electron chi connectivity index (χ0n) is 9.02. The minimum atomic E-state index is -2.35. The molecule has 15 heavy (non-hydrogen) atoms. The van der Waals surface area contributed by atoms with Gasteiger partial charge >= 0.3 is 0 Å². The Labute approximate surface area is 89.6 Å². The molecule has 0 amide bonds. The van der Waals surface area contributed by atoms with Crippen LogP contribution in [0.15, 0.2) is 0 Å². The molecule has 2 aliphatic carbocycles. The molecule has 3 atom stereocenters. The predicted octanol–water partition coefficient (Wildman–Crippen LogP) is 2.81. The van der Waals surface area contributed by atoms with Crippen molar-refractivity contribution in [3.8, 4) is 0 Å². The lowest BCUT2D eigenvalue weighted by atomic mass is 9.97. The average molecular weight is 215 g/mol. The van der Waals surface area contributed by atoms with Crippen LogP contribution in [0.5, 0.6) is 0 Å². The maximum absolute atomic E-state index is 13.7. The smallest absolute Gasteiger partial charge is 0.256 e. The van der Waals surface area contributed by atoms with Crippen molar-refractivity contribution in [2.24, 2.45) is 17.8 Å². The van der Waals surface area contributed by atoms with Gasteiger partial charge in [0.25, 0.3) is 5.92 Å². The van der Waals surface area contributed by atoms with E-state index in [9.17, 15) is 8.78 Å². The van der Waals surface area contributed by atoms with Gasteiger partial charge < -0.3 is 5.32 Å². The van der Waals surface area contributed by atoms with Crippen LogP contribution in [-0.4, -0.2) is 18.5 Å². The number of hydrogen-bond acceptors (Lipinski definition) is 1. The first kappa shape index (κ1) is 10.0. The van der Waals surface area contributed by atoms with Crippen LogP contribution in [0.3, 0.4) is 0 Å². The molecule has 3 fully saturated rings. The lowest BCUT2D eigenvalue weighted by Gasteiger charge is -2.10. The summed E-state index contributed by atoms with van der Waals surface area (Å²) in [5.41, 5.74) is 0. The summed E-state index contributed by atoms with van der Waals surface area (Å²) in [6, 6.07) is 0.116. The Morgan fingerprint density at radius 1 is 0.933 bits per heavy atom. The van der Waals surface area contributed by atoms with Gasteiger partial charge in [-0.2, -0.15) is 0 Å². The monoisotopic (exact) mass is 215 g/mol. The number of halogens is 2. The second-order valence-electron chi connectivity index (χ2n) is 5.47. The zero-order valence-corrected chi connectivity index (χ0v) is 9.02. The molecule has 0 aromatic rings. The molecular weight excluding hydrogens is 196 g/mol. The van der Waals surface area contributed by atoms with Crippen molar-refractivity contribution in [2.45, 2.75) is 50.5 Å². The van der Waals surface area contributed by atoms with Crippen LogP contribution in [0.25, 0.3) is 0 Å². The van der Waals surface area contributed by atoms with Crippen molar-refractivity contribution < 1.29 is 8.78 Å². The fourth-order valence-corrected chi connectivity index (χ4v) is 3.84. The summed E-state index contributed by atoms with van der Waals surface area (Å²) < 4.78 is 27.4. The highest BCUT2D eigenvalue weighted by molar-refractivity contribution is 5.13. The quantitative estimate of drug-likeness (QED) is 0.747. The van der Waals surface area contributed by atoms with E-state index in [1.807, 2.05) is 0 Å². The maximum Gasteiger partial charge on any atom is 0.256 e. The molecule has 0 radical (unpaired) electrons. The summed E-state index contributed by atoms with van der Waals surface area (Å²) in [5.74, 6) is -2.64. The molecular formula is C12H19F2N. The highest BCUT2D eigenvalue weighted by atomic mass is 19.3. The highest BCUT2D eigenvalue weighted by Crippen LogP contribution is 2.63. The molecule has 86 valence electrons. The van der Waals surface area contributed by atoms with Crippen LogP contribution < -0.4 is 5.32 Å². The average Bonchev–Trinajstić information content (AvgIpc) is 2.78. The molecule has 2 saturated carbocycles. The predicted molar refractivity (Wildman–Crippen MR) is 54.9 cm³/mol. The standard InChI is InChI=1S/C12H19F2N/c13-12(14)10(8-4-1-2-5-8)11(12)9-6-3-7-15-9/h8-11,15H,1-7H2. The largest absolute Gasteiger partial charge is 0.313 e. The Kier molecular flexibility index (Phi) is 2.27. The van der Waals surface area contributed by atoms with Gasteiger partial charge in [0.2, 0.25) is 0 Å². The van der Waals surface area contributed by atoms with E-state index in [4.69, 9.17) is 0 Å². The summed E-state index contributed by atoms with van der Waals surface area (Å²) in [6.07, 6.45) is 6.47. The van der Waals surface area contributed by atoms with Gasteiger partial charge in [0, 0.05) is 17.9 Å². The molecule has 3 aliphatic rings. The molecule has 3 unspecified atom stereocenters. The van der Waals surface area contributed by atoms with Crippen molar-refractivity contribution >= 4 is 0 Å². The molecule has 1 saturated heterocycles. The summed E-state index contributed by atoms with van der Waals surface area (Å²) in [6.45, 7) is 0.939. The van der Waals surface area contributed by atoms with E-state index in [0.717, 1.165) is 32.2 Å². The van der Waals surface area contributed by atoms with E-state index < -0.39 is 5.92 Å². The van der Waals surface area contributed by atoms with Gasteiger partial charge in [-0.1, -0.05) is 12.8 Å². The Balaban J connectivity index is 1.68. The lowest BCUT2D eigenvalue weighted by Crippen LogP contribution is -2.26. The van der Waals surface area contributed by atoms with Crippen LogP contribution in [0.1, 0.15) is 38.5 Å². The maximum atomic E-state index is 13.7. The van der Waals surface area contributed by atoms with Crippen molar-refractivity contribution in [1.29, 1.82) is 0 Å². The van der Waals surface area contributed by atoms with Gasteiger partial charge in [0.15, 0.2) is 0 Å². The summed E-state index contributed by atoms with van der Waals surface area (Å²) in [7, 11) is 0. The third-order valence-electron chi connectivity index (χ3n) is 4.61. The lowest BCUT2D eigenvalue weighted by molar-refractivity contribution is 0.0700. The molecule has 1 nitrogen and oxygen atoms in total. The third-order valence-corrected chi connectivity index (χ3v) is 4.61. The SMILES string of the molecule is FC1(F)C(C2CCCC2)C1C1CCCN1. The zero-order chi connectivity index (χ0) is 10.5. The van der Waals surface area contributed by atoms with Crippen LogP contribution in [0.4, 0.5) is 8.78 Å². The number of hydrogen-bond donors (Lipinski definition) is 1. The van der Waals surface area contributed by atoms with E-state index >= 15 is 0 Å². The summed E-state index contributed by atoms with van der Waals surface area (Å²) in [4.78, 5) is 0. The van der Waals surface area contributed by atoms with Gasteiger partial charge in [-0.05, 0) is 38.1 Å². The second-order valence-corrected chi connectivity index (χ2v) is 5.47. The van der Waals surface area contributed by atoms with Gasteiger partial charge in [-0.15, -0.1) is 0 Å². The van der Waals surface area contributed by atoms with Crippen LogP contribution in [-0.2, 0) is 0 Å². The van der Waals surface area contributed by atoms with E-state index in [1.54, 1.807) is 0 Å². The molecule has 3 rings (SSSR count). The molecule has 0 aromatic heterocycles. The normalized spacial score (nSPS) is 44.8. The minimum absolute atomic E-state index is 0.116. The van der Waals surface area contributed by atoms with Gasteiger partial charge in [0.05, 0.1) is 0 Å². The van der Waals surface area contributed by atoms with Crippen LogP contribution >= 0.6 is 0 Å². The molecule has 0 bridgehead atoms. The Morgan fingerprint density at radius 3 is 2.27 bits per heavy atom. The molecule has 1 heterocycles. The molecule has 3 heteroatoms. The van der Waals surface area contributed by atoms with Crippen molar-refractivity contribution in [1.82, 2.24) is 5.32 Å². The third kappa shape index (κ3) is 1.50. The van der Waals surface area contributed by atoms with Crippen LogP contribution in [0.2, 0.25) is 0 Å². The molecule has 1 aliphatic heterocycles. The van der Waals surface area contributed by atoms with E-state index in [2.05, 4.69) is 5.32 Å². The molecule has 1 N–H and O–H groups in total. The Morgan fingerprint density at radius 2 is 1.67 bits per heavy atom. The fourth-order valence-electron chi connectivity index (χ4n) is 3.84. The van der Waals surface area contributed by atoms with E-state index in [-0.39, 0.29) is 17.9 Å². The van der Waals surface area contributed by atoms with Gasteiger partial charge in [-0.3, -0.25) is 0 Å². The topological polar surface area (TPSA) is 12.0 Å². The van der Waals surface area contributed by atoms with Gasteiger partial charge in [-0.25, -0.2) is 8.78 Å². The first-order chi connectivity index (χ1) is 7.21. The molecule has 0 aromatic carbocycles. The minimum Gasteiger partial charge on any atom is -0.313 e. The van der Waals surface area contributed by atoms with E-state index in [1.165, 1.54) is 12.8 Å². The molecule has 0 spiro atoms. The Bertz CT molecular complexity index is 218. The number of nitrogens with one attached hydrogen (secondary N) is 1. The Hall–Kier alpha value is -0.180. The van der Waals surface area contributed by atoms with Gasteiger partial charge in [0.1, 0.15) is 0 Å². The first-order valence-corrected chi connectivity index (χ1v) is 6.32. The number of alkyl halides is 2. The van der Waals surface area contributed by atoms with Crippen molar-refractivity contribution in [3.05, 3.63) is 0 Å². The van der Waals surface area contributed by atoms with Crippen molar-refractivity contribution in [2.75, 3.05) is 6.54 Å². The first-order valence-electron chi connectivity index (χ1n) is 6.32. The van der Waals surface area contributed by atoms with Crippen LogP contribution in [0, 0.1) is 17.8 Å². The second kappa shape index (κ2) is 3.41. The summed E-state index contributed by atoms with van der Waals surface area (Å²) >= 11 is 0. The fraction of sp³-hybridized carbons (Fsp3) is 1.00. The highest BCUT2D eigenvalue weighted by Gasteiger charge is 2.72. The van der Waals surface area contributed by atoms with E-state index in [0.29, 0.717) is 5.92 Å².